The lowest BCUT2D eigenvalue weighted by atomic mass is 10.0. The van der Waals surface area contributed by atoms with Gasteiger partial charge >= 0.3 is 5.97 Å². The molecule has 3 unspecified atom stereocenters. The average Bonchev–Trinajstić information content (AvgIpc) is 2.25. The fourth-order valence-electron chi connectivity index (χ4n) is 1.34. The first-order chi connectivity index (χ1) is 7.80. The molecule has 0 heterocycles. The van der Waals surface area contributed by atoms with Crippen molar-refractivity contribution >= 4 is 0 Å². The number of hydrogen-bond donors (Lipinski definition) is 3. The average molecular weight is 262 g/mol. The zero-order valence-corrected chi connectivity index (χ0v) is 9.33. The van der Waals surface area contributed by atoms with Crippen LogP contribution in [0, 0.1) is 0 Å². The zero-order valence-electron chi connectivity index (χ0n) is 9.33. The highest BCUT2D eigenvalue weighted by molar-refractivity contribution is 4.80. The van der Waals surface area contributed by atoms with Gasteiger partial charge in [0.1, 0.15) is 6.17 Å². The van der Waals surface area contributed by atoms with Gasteiger partial charge in [0.25, 0.3) is 0 Å². The van der Waals surface area contributed by atoms with E-state index in [1.807, 2.05) is 0 Å². The number of alkyl halides is 4. The molecule has 0 aromatic rings. The van der Waals surface area contributed by atoms with Crippen LogP contribution in [0.3, 0.4) is 0 Å². The Morgan fingerprint density at radius 2 is 1.41 bits per heavy atom. The first-order valence-electron chi connectivity index (χ1n) is 5.46. The number of unbranched alkanes of at least 4 members (excludes halogenated alkanes) is 3. The number of rotatable bonds is 9. The molecule has 17 heavy (non-hydrogen) atoms. The summed E-state index contributed by atoms with van der Waals surface area (Å²) in [4.78, 5) is 0. The van der Waals surface area contributed by atoms with Gasteiger partial charge in [-0.3, -0.25) is 4.39 Å². The maximum absolute atomic E-state index is 13.1. The maximum Gasteiger partial charge on any atom is 0.311 e. The number of halogens is 4. The summed E-state index contributed by atoms with van der Waals surface area (Å²) in [5.41, 5.74) is 0. The highest BCUT2D eigenvalue weighted by Gasteiger charge is 2.43. The Kier molecular flexibility index (Phi) is 7.65. The van der Waals surface area contributed by atoms with Gasteiger partial charge < -0.3 is 15.3 Å². The molecule has 0 bridgehead atoms. The van der Waals surface area contributed by atoms with Gasteiger partial charge in [0, 0.05) is 0 Å². The van der Waals surface area contributed by atoms with Crippen molar-refractivity contribution in [2.75, 3.05) is 6.67 Å². The third-order valence-electron chi connectivity index (χ3n) is 2.36. The largest absolute Gasteiger partial charge is 0.341 e. The summed E-state index contributed by atoms with van der Waals surface area (Å²) >= 11 is 0. The smallest absolute Gasteiger partial charge is 0.311 e. The molecular formula is C10H18F4O3. The summed E-state index contributed by atoms with van der Waals surface area (Å²) in [5, 5.41) is 25.0. The van der Waals surface area contributed by atoms with E-state index >= 15 is 0 Å². The van der Waals surface area contributed by atoms with Gasteiger partial charge in [0.2, 0.25) is 6.17 Å². The van der Waals surface area contributed by atoms with Crippen LogP contribution in [0.5, 0.6) is 0 Å². The molecule has 104 valence electrons. The highest BCUT2D eigenvalue weighted by Crippen LogP contribution is 2.22. The van der Waals surface area contributed by atoms with E-state index in [2.05, 4.69) is 0 Å². The molecule has 0 rings (SSSR count). The van der Waals surface area contributed by atoms with Gasteiger partial charge in [-0.05, 0) is 12.8 Å². The van der Waals surface area contributed by atoms with Gasteiger partial charge in [-0.1, -0.05) is 19.3 Å². The molecule has 0 aliphatic rings. The molecule has 0 fully saturated rings. The first-order valence-corrected chi connectivity index (χ1v) is 5.46. The van der Waals surface area contributed by atoms with Crippen LogP contribution >= 0.6 is 0 Å². The van der Waals surface area contributed by atoms with E-state index in [4.69, 9.17) is 15.3 Å². The molecule has 0 aromatic heterocycles. The van der Waals surface area contributed by atoms with E-state index in [0.29, 0.717) is 19.3 Å². The van der Waals surface area contributed by atoms with Gasteiger partial charge in [0.15, 0.2) is 6.17 Å². The topological polar surface area (TPSA) is 60.7 Å². The van der Waals surface area contributed by atoms with E-state index < -0.39 is 31.2 Å². The molecule has 0 aliphatic heterocycles. The van der Waals surface area contributed by atoms with Crippen LogP contribution in [0.15, 0.2) is 0 Å². The molecule has 0 radical (unpaired) electrons. The van der Waals surface area contributed by atoms with E-state index in [-0.39, 0.29) is 12.8 Å². The van der Waals surface area contributed by atoms with Crippen molar-refractivity contribution in [3.63, 3.8) is 0 Å². The van der Waals surface area contributed by atoms with Crippen LogP contribution in [-0.2, 0) is 0 Å². The summed E-state index contributed by atoms with van der Waals surface area (Å²) in [6.45, 7) is -0.473. The van der Waals surface area contributed by atoms with Crippen molar-refractivity contribution in [2.24, 2.45) is 0 Å². The fraction of sp³-hybridized carbons (Fsp3) is 1.00. The second-order valence-electron chi connectivity index (χ2n) is 3.94. The first kappa shape index (κ1) is 16.6. The van der Waals surface area contributed by atoms with E-state index in [1.165, 1.54) is 0 Å². The van der Waals surface area contributed by atoms with E-state index in [9.17, 15) is 17.6 Å². The van der Waals surface area contributed by atoms with Crippen LogP contribution in [0.1, 0.15) is 32.1 Å². The molecule has 0 saturated carbocycles. The monoisotopic (exact) mass is 262 g/mol. The fourth-order valence-corrected chi connectivity index (χ4v) is 1.34. The molecule has 7 heteroatoms. The third-order valence-corrected chi connectivity index (χ3v) is 2.36. The lowest BCUT2D eigenvalue weighted by Gasteiger charge is -2.24. The maximum atomic E-state index is 13.1. The standard InChI is InChI=1S/C10H18F4O3/c11-6-4-2-1-3-5-7(12)8(13)9(14)10(15,16)17/h7-9,15-17H,1-6H2. The number of hydrogen-bond acceptors (Lipinski definition) is 3. The van der Waals surface area contributed by atoms with Crippen molar-refractivity contribution in [2.45, 2.75) is 56.6 Å². The quantitative estimate of drug-likeness (QED) is 0.336. The number of aliphatic hydroxyl groups is 3. The van der Waals surface area contributed by atoms with E-state index in [1.54, 1.807) is 0 Å². The summed E-state index contributed by atoms with van der Waals surface area (Å²) < 4.78 is 50.5. The third kappa shape index (κ3) is 6.80. The van der Waals surface area contributed by atoms with Crippen LogP contribution in [0.4, 0.5) is 17.6 Å². The molecular weight excluding hydrogens is 244 g/mol. The normalized spacial score (nSPS) is 17.8. The Balaban J connectivity index is 3.85. The van der Waals surface area contributed by atoms with Crippen LogP contribution in [-0.4, -0.2) is 46.5 Å². The minimum atomic E-state index is -3.88. The summed E-state index contributed by atoms with van der Waals surface area (Å²) in [5.74, 6) is -3.88. The molecule has 0 aliphatic carbocycles. The van der Waals surface area contributed by atoms with Crippen molar-refractivity contribution in [1.29, 1.82) is 0 Å². The van der Waals surface area contributed by atoms with Gasteiger partial charge in [0.05, 0.1) is 6.67 Å². The minimum absolute atomic E-state index is 0.240. The highest BCUT2D eigenvalue weighted by atomic mass is 19.2. The molecule has 0 amide bonds. The molecule has 3 N–H and O–H groups in total. The van der Waals surface area contributed by atoms with Crippen LogP contribution in [0.25, 0.3) is 0 Å². The Labute approximate surface area is 97.1 Å². The van der Waals surface area contributed by atoms with Crippen LogP contribution < -0.4 is 0 Å². The predicted octanol–water partition coefficient (Wildman–Crippen LogP) is 1.55. The lowest BCUT2D eigenvalue weighted by molar-refractivity contribution is -0.351. The SMILES string of the molecule is OC(O)(O)C(F)C(F)C(F)CCCCCCF. The molecule has 3 atom stereocenters. The summed E-state index contributed by atoms with van der Waals surface area (Å²) in [7, 11) is 0. The van der Waals surface area contributed by atoms with Crippen molar-refractivity contribution in [3.8, 4) is 0 Å². The molecule has 0 saturated heterocycles. The summed E-state index contributed by atoms with van der Waals surface area (Å²) in [6.07, 6.45) is -6.89. The Morgan fingerprint density at radius 3 is 1.88 bits per heavy atom. The van der Waals surface area contributed by atoms with E-state index in [0.717, 1.165) is 0 Å². The van der Waals surface area contributed by atoms with Crippen LogP contribution in [0.2, 0.25) is 0 Å². The van der Waals surface area contributed by atoms with Crippen molar-refractivity contribution in [3.05, 3.63) is 0 Å². The Bertz CT molecular complexity index is 198. The Hall–Kier alpha value is -0.400. The second kappa shape index (κ2) is 7.84. The van der Waals surface area contributed by atoms with Gasteiger partial charge in [-0.15, -0.1) is 0 Å². The van der Waals surface area contributed by atoms with Gasteiger partial charge in [-0.2, -0.15) is 0 Å². The molecule has 0 spiro atoms. The Morgan fingerprint density at radius 1 is 0.882 bits per heavy atom. The zero-order chi connectivity index (χ0) is 13.5. The lowest BCUT2D eigenvalue weighted by Crippen LogP contribution is -2.47. The minimum Gasteiger partial charge on any atom is -0.341 e. The molecule has 0 aromatic carbocycles. The second-order valence-corrected chi connectivity index (χ2v) is 3.94. The predicted molar refractivity (Wildman–Crippen MR) is 53.1 cm³/mol. The van der Waals surface area contributed by atoms with Gasteiger partial charge in [-0.25, -0.2) is 13.2 Å². The summed E-state index contributed by atoms with van der Waals surface area (Å²) in [6, 6.07) is 0. The molecule has 3 nitrogen and oxygen atoms in total. The van der Waals surface area contributed by atoms with Crippen molar-refractivity contribution in [1.82, 2.24) is 0 Å². The van der Waals surface area contributed by atoms with Crippen molar-refractivity contribution < 1.29 is 32.9 Å².